The number of aliphatic hydroxyl groups excluding tert-OH is 1. The molecule has 0 radical (unpaired) electrons. The van der Waals surface area contributed by atoms with Gasteiger partial charge in [-0.05, 0) is 50.3 Å². The maximum atomic E-state index is 10.6. The van der Waals surface area contributed by atoms with Gasteiger partial charge in [-0.15, -0.1) is 35.3 Å². The van der Waals surface area contributed by atoms with Crippen LogP contribution in [0.25, 0.3) is 10.1 Å². The van der Waals surface area contributed by atoms with Crippen LogP contribution in [0, 0.1) is 13.8 Å². The van der Waals surface area contributed by atoms with Gasteiger partial charge in [0.05, 0.1) is 12.2 Å². The molecule has 0 aliphatic rings. The lowest BCUT2D eigenvalue weighted by atomic mass is 10.1. The molecule has 3 rings (SSSR count). The number of rotatable bonds is 7. The van der Waals surface area contributed by atoms with Crippen molar-refractivity contribution in [3.05, 3.63) is 52.2 Å². The molecular formula is C21H30IN5OS. The quantitative estimate of drug-likeness (QED) is 0.249. The first-order valence-corrected chi connectivity index (χ1v) is 10.5. The van der Waals surface area contributed by atoms with Gasteiger partial charge in [-0.25, -0.2) is 0 Å². The Morgan fingerprint density at radius 3 is 2.69 bits per heavy atom. The van der Waals surface area contributed by atoms with Gasteiger partial charge in [0.25, 0.3) is 0 Å². The fraction of sp³-hybridized carbons (Fsp3) is 0.429. The molecule has 3 aromatic rings. The van der Waals surface area contributed by atoms with Crippen molar-refractivity contribution in [3.8, 4) is 0 Å². The van der Waals surface area contributed by atoms with E-state index < -0.39 is 6.10 Å². The number of nitrogens with zero attached hydrogens (tertiary/aromatic N) is 3. The van der Waals surface area contributed by atoms with Gasteiger partial charge in [-0.3, -0.25) is 9.67 Å². The van der Waals surface area contributed by atoms with Crippen LogP contribution in [0.4, 0.5) is 0 Å². The third-order valence-corrected chi connectivity index (χ3v) is 6.08. The van der Waals surface area contributed by atoms with Gasteiger partial charge >= 0.3 is 0 Å². The molecule has 3 N–H and O–H groups in total. The highest BCUT2D eigenvalue weighted by atomic mass is 127. The van der Waals surface area contributed by atoms with Gasteiger partial charge in [0, 0.05) is 35.4 Å². The van der Waals surface area contributed by atoms with E-state index in [9.17, 15) is 5.11 Å². The largest absolute Gasteiger partial charge is 0.386 e. The van der Waals surface area contributed by atoms with Gasteiger partial charge in [0.1, 0.15) is 6.10 Å². The highest BCUT2D eigenvalue weighted by Gasteiger charge is 2.12. The van der Waals surface area contributed by atoms with E-state index in [-0.39, 0.29) is 24.0 Å². The molecule has 1 atom stereocenters. The molecule has 2 heterocycles. The fourth-order valence-electron chi connectivity index (χ4n) is 3.26. The number of nitrogens with one attached hydrogen (secondary N) is 2. The minimum atomic E-state index is -0.601. The molecule has 1 unspecified atom stereocenters. The van der Waals surface area contributed by atoms with Gasteiger partial charge in [-0.2, -0.15) is 5.10 Å². The van der Waals surface area contributed by atoms with E-state index in [2.05, 4.69) is 45.8 Å². The average Bonchev–Trinajstić information content (AvgIpc) is 3.22. The van der Waals surface area contributed by atoms with Crippen molar-refractivity contribution in [1.82, 2.24) is 20.4 Å². The van der Waals surface area contributed by atoms with E-state index in [1.54, 1.807) is 11.3 Å². The zero-order valence-corrected chi connectivity index (χ0v) is 20.5. The molecule has 2 aromatic heterocycles. The monoisotopic (exact) mass is 527 g/mol. The van der Waals surface area contributed by atoms with Gasteiger partial charge < -0.3 is 15.7 Å². The molecule has 0 amide bonds. The van der Waals surface area contributed by atoms with Crippen molar-refractivity contribution in [2.24, 2.45) is 12.0 Å². The van der Waals surface area contributed by atoms with Crippen LogP contribution >= 0.6 is 35.3 Å². The van der Waals surface area contributed by atoms with Crippen molar-refractivity contribution >= 4 is 51.4 Å². The summed E-state index contributed by atoms with van der Waals surface area (Å²) in [4.78, 5) is 5.52. The van der Waals surface area contributed by atoms with Crippen LogP contribution in [0.5, 0.6) is 0 Å². The Morgan fingerprint density at radius 1 is 1.28 bits per heavy atom. The number of hydrogen-bond acceptors (Lipinski definition) is 4. The van der Waals surface area contributed by atoms with Crippen LogP contribution in [0.1, 0.15) is 34.9 Å². The SMILES string of the molecule is CCNC(=NCC(O)c1cc2ccccc2s1)NCCc1c(C)nn(C)c1C.I. The minimum absolute atomic E-state index is 0. The third-order valence-electron chi connectivity index (χ3n) is 4.87. The average molecular weight is 527 g/mol. The zero-order chi connectivity index (χ0) is 20.1. The first kappa shape index (κ1) is 23.6. The van der Waals surface area contributed by atoms with Gasteiger partial charge in [-0.1, -0.05) is 18.2 Å². The molecule has 0 aliphatic heterocycles. The van der Waals surface area contributed by atoms with Crippen molar-refractivity contribution in [2.75, 3.05) is 19.6 Å². The summed E-state index contributed by atoms with van der Waals surface area (Å²) >= 11 is 1.62. The Kier molecular flexibility index (Phi) is 8.91. The van der Waals surface area contributed by atoms with Crippen LogP contribution in [0.3, 0.4) is 0 Å². The summed E-state index contributed by atoms with van der Waals surface area (Å²) in [5, 5.41) is 22.8. The number of fused-ring (bicyclic) bond motifs is 1. The summed E-state index contributed by atoms with van der Waals surface area (Å²) in [5.74, 6) is 0.724. The number of aryl methyl sites for hydroxylation is 2. The van der Waals surface area contributed by atoms with Crippen molar-refractivity contribution < 1.29 is 5.11 Å². The lowest BCUT2D eigenvalue weighted by Crippen LogP contribution is -2.38. The zero-order valence-electron chi connectivity index (χ0n) is 17.4. The summed E-state index contributed by atoms with van der Waals surface area (Å²) in [6, 6.07) is 10.2. The molecule has 0 spiro atoms. The smallest absolute Gasteiger partial charge is 0.191 e. The predicted octanol–water partition coefficient (Wildman–Crippen LogP) is 3.70. The van der Waals surface area contributed by atoms with E-state index in [0.717, 1.165) is 41.4 Å². The lowest BCUT2D eigenvalue weighted by Gasteiger charge is -2.13. The Bertz CT molecular complexity index is 932. The molecular weight excluding hydrogens is 497 g/mol. The van der Waals surface area contributed by atoms with Crippen LogP contribution < -0.4 is 10.6 Å². The summed E-state index contributed by atoms with van der Waals surface area (Å²) in [6.45, 7) is 8.04. The van der Waals surface area contributed by atoms with Crippen molar-refractivity contribution in [1.29, 1.82) is 0 Å². The number of hydrogen-bond donors (Lipinski definition) is 3. The molecule has 0 fully saturated rings. The normalized spacial score (nSPS) is 12.7. The third kappa shape index (κ3) is 5.93. The molecule has 158 valence electrons. The summed E-state index contributed by atoms with van der Waals surface area (Å²) in [5.41, 5.74) is 3.54. The maximum Gasteiger partial charge on any atom is 0.191 e. The molecule has 1 aromatic carbocycles. The second kappa shape index (κ2) is 10.9. The molecule has 0 bridgehead atoms. The van der Waals surface area contributed by atoms with Crippen molar-refractivity contribution in [2.45, 2.75) is 33.3 Å². The summed E-state index contributed by atoms with van der Waals surface area (Å²) < 4.78 is 3.11. The molecule has 0 aliphatic carbocycles. The Hall–Kier alpha value is -1.65. The first-order valence-electron chi connectivity index (χ1n) is 9.67. The number of aliphatic imine (C=N–C) groups is 1. The van der Waals surface area contributed by atoms with Gasteiger partial charge in [0.15, 0.2) is 5.96 Å². The van der Waals surface area contributed by atoms with E-state index in [0.29, 0.717) is 6.54 Å². The van der Waals surface area contributed by atoms with E-state index in [1.165, 1.54) is 16.0 Å². The Balaban J connectivity index is 0.00000300. The van der Waals surface area contributed by atoms with E-state index in [4.69, 9.17) is 0 Å². The fourth-order valence-corrected chi connectivity index (χ4v) is 4.30. The Morgan fingerprint density at radius 2 is 2.03 bits per heavy atom. The minimum Gasteiger partial charge on any atom is -0.386 e. The summed E-state index contributed by atoms with van der Waals surface area (Å²) in [7, 11) is 1.97. The Labute approximate surface area is 193 Å². The second-order valence-electron chi connectivity index (χ2n) is 6.87. The number of benzene rings is 1. The van der Waals surface area contributed by atoms with E-state index in [1.807, 2.05) is 37.7 Å². The molecule has 0 saturated carbocycles. The second-order valence-corrected chi connectivity index (χ2v) is 7.99. The standard InChI is InChI=1S/C21H29N5OS.HI/c1-5-22-21(23-11-10-17-14(2)25-26(4)15(17)3)24-13-18(27)20-12-16-8-6-7-9-19(16)28-20;/h6-9,12,18,27H,5,10-11,13H2,1-4H3,(H2,22,23,24);1H. The molecule has 8 heteroatoms. The first-order chi connectivity index (χ1) is 13.5. The van der Waals surface area contributed by atoms with Crippen LogP contribution in [0.15, 0.2) is 35.3 Å². The number of thiophene rings is 1. The number of guanidine groups is 1. The van der Waals surface area contributed by atoms with Crippen molar-refractivity contribution in [3.63, 3.8) is 0 Å². The van der Waals surface area contributed by atoms with E-state index >= 15 is 0 Å². The molecule has 6 nitrogen and oxygen atoms in total. The highest BCUT2D eigenvalue weighted by Crippen LogP contribution is 2.29. The molecule has 0 saturated heterocycles. The number of halogens is 1. The number of aromatic nitrogens is 2. The maximum absolute atomic E-state index is 10.6. The molecule has 29 heavy (non-hydrogen) atoms. The highest BCUT2D eigenvalue weighted by molar-refractivity contribution is 14.0. The van der Waals surface area contributed by atoms with Gasteiger partial charge in [0.2, 0.25) is 0 Å². The van der Waals surface area contributed by atoms with Crippen LogP contribution in [-0.2, 0) is 13.5 Å². The lowest BCUT2D eigenvalue weighted by molar-refractivity contribution is 0.191. The van der Waals surface area contributed by atoms with Crippen LogP contribution in [-0.4, -0.2) is 40.5 Å². The summed E-state index contributed by atoms with van der Waals surface area (Å²) in [6.07, 6.45) is 0.282. The predicted molar refractivity (Wildman–Crippen MR) is 133 cm³/mol. The van der Waals surface area contributed by atoms with Crippen LogP contribution in [0.2, 0.25) is 0 Å². The topological polar surface area (TPSA) is 74.5 Å². The number of aliphatic hydroxyl groups is 1.